The summed E-state index contributed by atoms with van der Waals surface area (Å²) in [6, 6.07) is 2.31. The second-order valence-electron chi connectivity index (χ2n) is 10.2. The number of aliphatic hydroxyl groups is 1. The van der Waals surface area contributed by atoms with Crippen molar-refractivity contribution in [2.75, 3.05) is 26.2 Å². The van der Waals surface area contributed by atoms with Gasteiger partial charge in [0.25, 0.3) is 0 Å². The van der Waals surface area contributed by atoms with Crippen LogP contribution in [0, 0.1) is 17.2 Å². The van der Waals surface area contributed by atoms with Crippen molar-refractivity contribution in [1.82, 2.24) is 10.2 Å². The van der Waals surface area contributed by atoms with Gasteiger partial charge in [-0.3, -0.25) is 0 Å². The third-order valence-electron chi connectivity index (χ3n) is 7.44. The van der Waals surface area contributed by atoms with Crippen LogP contribution in [-0.2, 0) is 9.53 Å². The molecule has 0 aromatic rings. The summed E-state index contributed by atoms with van der Waals surface area (Å²) >= 11 is 0. The molecule has 3 aliphatic rings. The smallest absolute Gasteiger partial charge is 0.205 e. The molecule has 0 spiro atoms. The van der Waals surface area contributed by atoms with E-state index in [0.717, 1.165) is 54.6 Å². The molecule has 1 heterocycles. The zero-order chi connectivity index (χ0) is 26.3. The van der Waals surface area contributed by atoms with Crippen molar-refractivity contribution in [2.24, 2.45) is 10.9 Å². The monoisotopic (exact) mass is 498 g/mol. The Labute approximate surface area is 214 Å². The van der Waals surface area contributed by atoms with E-state index in [-0.39, 0.29) is 18.4 Å². The van der Waals surface area contributed by atoms with Crippen molar-refractivity contribution in [2.45, 2.75) is 78.1 Å². The number of nitrogens with zero attached hydrogens (tertiary/aromatic N) is 3. The Morgan fingerprint density at radius 3 is 2.75 bits per heavy atom. The second kappa shape index (κ2) is 12.6. The zero-order valence-electron chi connectivity index (χ0n) is 21.9. The summed E-state index contributed by atoms with van der Waals surface area (Å²) in [7, 11) is 0. The van der Waals surface area contributed by atoms with E-state index in [4.69, 9.17) is 4.74 Å². The maximum absolute atomic E-state index is 14.7. The van der Waals surface area contributed by atoms with E-state index in [0.29, 0.717) is 38.0 Å². The van der Waals surface area contributed by atoms with Gasteiger partial charge in [-0.25, -0.2) is 14.3 Å². The average Bonchev–Trinajstić information content (AvgIpc) is 2.88. The molecule has 2 N–H and O–H groups in total. The Bertz CT molecular complexity index is 1030. The molecule has 0 radical (unpaired) electrons. The summed E-state index contributed by atoms with van der Waals surface area (Å²) in [6.07, 6.45) is 7.26. The second-order valence-corrected chi connectivity index (χ2v) is 10.2. The molecule has 0 aromatic heterocycles. The first-order valence-corrected chi connectivity index (χ1v) is 12.8. The quantitative estimate of drug-likeness (QED) is 0.262. The molecule has 0 amide bonds. The Balaban J connectivity index is 1.62. The predicted molar refractivity (Wildman–Crippen MR) is 139 cm³/mol. The Kier molecular flexibility index (Phi) is 9.77. The first-order chi connectivity index (χ1) is 17.2. The van der Waals surface area contributed by atoms with Crippen LogP contribution < -0.4 is 5.32 Å². The Hall–Kier alpha value is -2.60. The van der Waals surface area contributed by atoms with Crippen LogP contribution in [0.4, 0.5) is 4.39 Å². The third-order valence-corrected chi connectivity index (χ3v) is 7.44. The minimum Gasteiger partial charge on any atom is -0.495 e. The standard InChI is InChI=1S/C28H39FN4O3/c1-19-20(2)25(8-6-23(19)17-30)32-27(35)33(28(3,4)18-34)14-5-15-36-26-9-7-22(16-24(26)29)21-10-12-31-13-11-21/h10,16,18,23,27,31,35H,5-9,11-15H2,1-4H3. The van der Waals surface area contributed by atoms with Crippen molar-refractivity contribution in [1.29, 1.82) is 5.26 Å². The maximum Gasteiger partial charge on any atom is 0.205 e. The SMILES string of the molecule is CC1=C(C)C(C#N)CCC1=NC(O)N(CCCOC1=C(F)C=C(C2=CCNCC2)CC1)C(C)(C)C=O. The lowest BCUT2D eigenvalue weighted by Gasteiger charge is -2.36. The number of ether oxygens (including phenoxy) is 1. The number of hydrogen-bond acceptors (Lipinski definition) is 7. The van der Waals surface area contributed by atoms with Gasteiger partial charge < -0.3 is 20.0 Å². The summed E-state index contributed by atoms with van der Waals surface area (Å²) in [4.78, 5) is 18.0. The van der Waals surface area contributed by atoms with Gasteiger partial charge in [0.2, 0.25) is 6.35 Å². The van der Waals surface area contributed by atoms with Crippen LogP contribution in [0.2, 0.25) is 0 Å². The molecular formula is C28H39FN4O3. The van der Waals surface area contributed by atoms with Crippen LogP contribution in [0.5, 0.6) is 0 Å². The average molecular weight is 499 g/mol. The van der Waals surface area contributed by atoms with Crippen LogP contribution in [0.3, 0.4) is 0 Å². The van der Waals surface area contributed by atoms with Gasteiger partial charge in [-0.2, -0.15) is 5.26 Å². The number of allylic oxidation sites excluding steroid dienone is 6. The van der Waals surface area contributed by atoms with Crippen LogP contribution in [0.1, 0.15) is 66.2 Å². The highest BCUT2D eigenvalue weighted by Gasteiger charge is 2.32. The highest BCUT2D eigenvalue weighted by Crippen LogP contribution is 2.32. The molecule has 0 saturated carbocycles. The highest BCUT2D eigenvalue weighted by atomic mass is 19.1. The Morgan fingerprint density at radius 2 is 2.11 bits per heavy atom. The fourth-order valence-electron chi connectivity index (χ4n) is 4.89. The number of nitrogens with one attached hydrogen (secondary N) is 1. The van der Waals surface area contributed by atoms with Crippen LogP contribution >= 0.6 is 0 Å². The Morgan fingerprint density at radius 1 is 1.33 bits per heavy atom. The number of carbonyl (C=O) groups excluding carboxylic acids is 1. The van der Waals surface area contributed by atoms with Gasteiger partial charge in [-0.05, 0) is 89.1 Å². The summed E-state index contributed by atoms with van der Waals surface area (Å²) in [6.45, 7) is 9.67. The van der Waals surface area contributed by atoms with Crippen LogP contribution in [-0.4, -0.2) is 60.1 Å². The minimum atomic E-state index is -1.21. The lowest BCUT2D eigenvalue weighted by Crippen LogP contribution is -2.51. The molecule has 36 heavy (non-hydrogen) atoms. The fourth-order valence-corrected chi connectivity index (χ4v) is 4.89. The first kappa shape index (κ1) is 28.0. The molecule has 196 valence electrons. The lowest BCUT2D eigenvalue weighted by molar-refractivity contribution is -0.125. The summed E-state index contributed by atoms with van der Waals surface area (Å²) in [5, 5.41) is 23.5. The van der Waals surface area contributed by atoms with Crippen molar-refractivity contribution < 1.29 is 19.0 Å². The van der Waals surface area contributed by atoms with E-state index in [1.807, 2.05) is 13.8 Å². The number of aliphatic imine (C=N–C) groups is 1. The van der Waals surface area contributed by atoms with E-state index in [2.05, 4.69) is 22.5 Å². The summed E-state index contributed by atoms with van der Waals surface area (Å²) in [5.41, 5.74) is 3.97. The van der Waals surface area contributed by atoms with Gasteiger partial charge in [0, 0.05) is 25.2 Å². The molecule has 0 fully saturated rings. The van der Waals surface area contributed by atoms with Gasteiger partial charge in [0.15, 0.2) is 5.83 Å². The number of nitriles is 1. The van der Waals surface area contributed by atoms with Gasteiger partial charge in [0.05, 0.1) is 24.1 Å². The van der Waals surface area contributed by atoms with Gasteiger partial charge in [-0.15, -0.1) is 0 Å². The number of aldehydes is 1. The molecule has 2 aliphatic carbocycles. The molecular weight excluding hydrogens is 459 g/mol. The number of halogens is 1. The van der Waals surface area contributed by atoms with Crippen molar-refractivity contribution >= 4 is 12.0 Å². The molecule has 7 nitrogen and oxygen atoms in total. The minimum absolute atomic E-state index is 0.127. The first-order valence-electron chi connectivity index (χ1n) is 12.8. The number of carbonyl (C=O) groups is 1. The largest absolute Gasteiger partial charge is 0.495 e. The normalized spacial score (nSPS) is 23.4. The van der Waals surface area contributed by atoms with E-state index in [1.54, 1.807) is 24.8 Å². The molecule has 3 rings (SSSR count). The zero-order valence-corrected chi connectivity index (χ0v) is 21.9. The maximum atomic E-state index is 14.7. The van der Waals surface area contributed by atoms with Gasteiger partial charge in [0.1, 0.15) is 12.0 Å². The summed E-state index contributed by atoms with van der Waals surface area (Å²) in [5.74, 6) is -0.0869. The van der Waals surface area contributed by atoms with Crippen molar-refractivity contribution in [3.63, 3.8) is 0 Å². The molecule has 0 aromatic carbocycles. The van der Waals surface area contributed by atoms with Crippen molar-refractivity contribution in [3.8, 4) is 6.07 Å². The molecule has 2 unspecified atom stereocenters. The van der Waals surface area contributed by atoms with E-state index in [9.17, 15) is 19.6 Å². The molecule has 0 saturated heterocycles. The number of hydrogen-bond donors (Lipinski definition) is 2. The van der Waals surface area contributed by atoms with E-state index >= 15 is 0 Å². The van der Waals surface area contributed by atoms with E-state index in [1.165, 1.54) is 5.57 Å². The summed E-state index contributed by atoms with van der Waals surface area (Å²) < 4.78 is 20.5. The van der Waals surface area contributed by atoms with Crippen LogP contribution in [0.25, 0.3) is 0 Å². The van der Waals surface area contributed by atoms with Gasteiger partial charge in [-0.1, -0.05) is 11.6 Å². The third kappa shape index (κ3) is 6.78. The number of aliphatic hydroxyl groups excluding tert-OH is 1. The molecule has 1 aliphatic heterocycles. The van der Waals surface area contributed by atoms with Gasteiger partial charge >= 0.3 is 0 Å². The lowest BCUT2D eigenvalue weighted by atomic mass is 9.84. The van der Waals surface area contributed by atoms with Crippen LogP contribution in [0.15, 0.2) is 51.0 Å². The number of rotatable bonds is 10. The van der Waals surface area contributed by atoms with E-state index < -0.39 is 11.9 Å². The fraction of sp³-hybridized carbons (Fsp3) is 0.607. The molecule has 0 bridgehead atoms. The predicted octanol–water partition coefficient (Wildman–Crippen LogP) is 4.48. The topological polar surface area (TPSA) is 97.9 Å². The molecule has 2 atom stereocenters. The highest BCUT2D eigenvalue weighted by molar-refractivity contribution is 6.01. The molecule has 8 heteroatoms. The van der Waals surface area contributed by atoms with Crippen molar-refractivity contribution in [3.05, 3.63) is 46.0 Å².